The maximum Gasteiger partial charge on any atom is 0.304 e. The SMILES string of the molecule is CC(CC(=O)O)S(=O)Cc1ccc(C(C)(C)C)cc1. The van der Waals surface area contributed by atoms with E-state index in [2.05, 4.69) is 20.8 Å². The molecule has 19 heavy (non-hydrogen) atoms. The zero-order valence-corrected chi connectivity index (χ0v) is 12.8. The largest absolute Gasteiger partial charge is 0.481 e. The van der Waals surface area contributed by atoms with Crippen LogP contribution in [0.2, 0.25) is 0 Å². The minimum atomic E-state index is -1.14. The van der Waals surface area contributed by atoms with Gasteiger partial charge in [-0.2, -0.15) is 0 Å². The summed E-state index contributed by atoms with van der Waals surface area (Å²) in [6, 6.07) is 8.06. The summed E-state index contributed by atoms with van der Waals surface area (Å²) in [6.45, 7) is 8.16. The van der Waals surface area contributed by atoms with Crippen LogP contribution in [0.3, 0.4) is 0 Å². The summed E-state index contributed by atoms with van der Waals surface area (Å²) in [6.07, 6.45) is -0.0489. The van der Waals surface area contributed by atoms with E-state index in [9.17, 15) is 9.00 Å². The molecular weight excluding hydrogens is 260 g/mol. The van der Waals surface area contributed by atoms with Crippen molar-refractivity contribution in [3.63, 3.8) is 0 Å². The highest BCUT2D eigenvalue weighted by Crippen LogP contribution is 2.22. The maximum atomic E-state index is 12.0. The molecule has 1 aromatic rings. The van der Waals surface area contributed by atoms with Crippen molar-refractivity contribution in [1.29, 1.82) is 0 Å². The molecule has 4 heteroatoms. The lowest BCUT2D eigenvalue weighted by Crippen LogP contribution is -2.17. The Morgan fingerprint density at radius 2 is 1.79 bits per heavy atom. The standard InChI is InChI=1S/C15H22O3S/c1-11(9-14(16)17)19(18)10-12-5-7-13(8-6-12)15(2,3)4/h5-8,11H,9-10H2,1-4H3,(H,16,17). The van der Waals surface area contributed by atoms with E-state index in [1.165, 1.54) is 5.56 Å². The molecule has 0 aromatic heterocycles. The first kappa shape index (κ1) is 15.9. The van der Waals surface area contributed by atoms with Crippen molar-refractivity contribution in [3.8, 4) is 0 Å². The van der Waals surface area contributed by atoms with Crippen molar-refractivity contribution in [2.24, 2.45) is 0 Å². The number of hydrogen-bond donors (Lipinski definition) is 1. The molecule has 1 aromatic carbocycles. The molecule has 1 N–H and O–H groups in total. The Hall–Kier alpha value is -1.16. The molecule has 0 amide bonds. The molecule has 0 saturated carbocycles. The zero-order chi connectivity index (χ0) is 14.6. The van der Waals surface area contributed by atoms with Gasteiger partial charge in [-0.3, -0.25) is 9.00 Å². The van der Waals surface area contributed by atoms with Gasteiger partial charge in [0.1, 0.15) is 0 Å². The van der Waals surface area contributed by atoms with Crippen molar-refractivity contribution in [3.05, 3.63) is 35.4 Å². The van der Waals surface area contributed by atoms with E-state index in [1.54, 1.807) is 6.92 Å². The van der Waals surface area contributed by atoms with Crippen LogP contribution in [-0.4, -0.2) is 20.5 Å². The van der Waals surface area contributed by atoms with Crippen LogP contribution in [0.4, 0.5) is 0 Å². The van der Waals surface area contributed by atoms with Crippen LogP contribution in [0.5, 0.6) is 0 Å². The Morgan fingerprint density at radius 1 is 1.26 bits per heavy atom. The first-order valence-electron chi connectivity index (χ1n) is 6.38. The average Bonchev–Trinajstić information content (AvgIpc) is 2.27. The summed E-state index contributed by atoms with van der Waals surface area (Å²) in [5.41, 5.74) is 2.33. The quantitative estimate of drug-likeness (QED) is 0.903. The molecule has 2 unspecified atom stereocenters. The summed E-state index contributed by atoms with van der Waals surface area (Å²) in [5, 5.41) is 8.37. The molecule has 0 fully saturated rings. The molecule has 0 bridgehead atoms. The van der Waals surface area contributed by atoms with Crippen molar-refractivity contribution < 1.29 is 14.1 Å². The second-order valence-corrected chi connectivity index (χ2v) is 7.74. The van der Waals surface area contributed by atoms with E-state index < -0.39 is 16.8 Å². The van der Waals surface area contributed by atoms with E-state index in [4.69, 9.17) is 5.11 Å². The molecule has 0 aliphatic heterocycles. The minimum Gasteiger partial charge on any atom is -0.481 e. The molecule has 2 atom stereocenters. The highest BCUT2D eigenvalue weighted by atomic mass is 32.2. The van der Waals surface area contributed by atoms with Crippen LogP contribution in [-0.2, 0) is 26.8 Å². The van der Waals surface area contributed by atoms with Crippen LogP contribution >= 0.6 is 0 Å². The van der Waals surface area contributed by atoms with Gasteiger partial charge in [-0.05, 0) is 16.5 Å². The number of rotatable bonds is 5. The summed E-state index contributed by atoms with van der Waals surface area (Å²) in [7, 11) is -1.14. The predicted octanol–water partition coefficient (Wildman–Crippen LogP) is 3.10. The van der Waals surface area contributed by atoms with E-state index in [0.29, 0.717) is 5.75 Å². The Kier molecular flexibility index (Phi) is 5.29. The van der Waals surface area contributed by atoms with Gasteiger partial charge in [0.15, 0.2) is 0 Å². The van der Waals surface area contributed by atoms with Gasteiger partial charge < -0.3 is 5.11 Å². The second-order valence-electron chi connectivity index (χ2n) is 5.88. The third-order valence-electron chi connectivity index (χ3n) is 3.04. The Bertz CT molecular complexity index is 457. The maximum absolute atomic E-state index is 12.0. The van der Waals surface area contributed by atoms with Gasteiger partial charge in [-0.1, -0.05) is 52.0 Å². The molecule has 1 rings (SSSR count). The Labute approximate surface area is 117 Å². The number of hydrogen-bond acceptors (Lipinski definition) is 2. The van der Waals surface area contributed by atoms with E-state index in [0.717, 1.165) is 5.56 Å². The van der Waals surface area contributed by atoms with Crippen LogP contribution in [0, 0.1) is 0 Å². The van der Waals surface area contributed by atoms with E-state index in [1.807, 2.05) is 24.3 Å². The normalized spacial score (nSPS) is 14.9. The lowest BCUT2D eigenvalue weighted by atomic mass is 9.87. The van der Waals surface area contributed by atoms with Gasteiger partial charge in [0, 0.05) is 21.8 Å². The molecular formula is C15H22O3S. The topological polar surface area (TPSA) is 54.4 Å². The third-order valence-corrected chi connectivity index (χ3v) is 4.72. The third kappa shape index (κ3) is 5.15. The monoisotopic (exact) mass is 282 g/mol. The number of aliphatic carboxylic acids is 1. The Morgan fingerprint density at radius 3 is 2.21 bits per heavy atom. The van der Waals surface area contributed by atoms with Crippen LogP contribution in [0.25, 0.3) is 0 Å². The first-order chi connectivity index (χ1) is 8.70. The highest BCUT2D eigenvalue weighted by Gasteiger charge is 2.16. The van der Waals surface area contributed by atoms with Crippen molar-refractivity contribution >= 4 is 16.8 Å². The number of carbonyl (C=O) groups is 1. The van der Waals surface area contributed by atoms with Gasteiger partial charge in [-0.15, -0.1) is 0 Å². The fourth-order valence-electron chi connectivity index (χ4n) is 1.75. The molecule has 3 nitrogen and oxygen atoms in total. The highest BCUT2D eigenvalue weighted by molar-refractivity contribution is 7.84. The lowest BCUT2D eigenvalue weighted by Gasteiger charge is -2.19. The zero-order valence-electron chi connectivity index (χ0n) is 12.0. The smallest absolute Gasteiger partial charge is 0.304 e. The number of carboxylic acids is 1. The fraction of sp³-hybridized carbons (Fsp3) is 0.533. The van der Waals surface area contributed by atoms with E-state index >= 15 is 0 Å². The fourth-order valence-corrected chi connectivity index (χ4v) is 2.88. The van der Waals surface area contributed by atoms with Gasteiger partial charge in [0.05, 0.1) is 6.42 Å². The van der Waals surface area contributed by atoms with Gasteiger partial charge in [-0.25, -0.2) is 0 Å². The van der Waals surface area contributed by atoms with Gasteiger partial charge in [0.25, 0.3) is 0 Å². The lowest BCUT2D eigenvalue weighted by molar-refractivity contribution is -0.136. The molecule has 0 spiro atoms. The van der Waals surface area contributed by atoms with Crippen molar-refractivity contribution in [2.45, 2.75) is 50.5 Å². The van der Waals surface area contributed by atoms with Crippen LogP contribution < -0.4 is 0 Å². The number of benzene rings is 1. The predicted molar refractivity (Wildman–Crippen MR) is 78.7 cm³/mol. The summed E-state index contributed by atoms with van der Waals surface area (Å²) < 4.78 is 12.0. The van der Waals surface area contributed by atoms with Crippen molar-refractivity contribution in [1.82, 2.24) is 0 Å². The minimum absolute atomic E-state index is 0.0489. The Balaban J connectivity index is 2.68. The molecule has 0 radical (unpaired) electrons. The number of carboxylic acid groups (broad SMARTS) is 1. The molecule has 0 heterocycles. The summed E-state index contributed by atoms with van der Waals surface area (Å²) in [4.78, 5) is 10.6. The first-order valence-corrected chi connectivity index (χ1v) is 7.76. The molecule has 0 aliphatic carbocycles. The average molecular weight is 282 g/mol. The molecule has 0 saturated heterocycles. The molecule has 0 aliphatic rings. The van der Waals surface area contributed by atoms with E-state index in [-0.39, 0.29) is 17.1 Å². The van der Waals surface area contributed by atoms with Crippen LogP contribution in [0.1, 0.15) is 45.2 Å². The van der Waals surface area contributed by atoms with Gasteiger partial charge in [0.2, 0.25) is 0 Å². The summed E-state index contributed by atoms with van der Waals surface area (Å²) in [5.74, 6) is -0.484. The second kappa shape index (κ2) is 6.33. The van der Waals surface area contributed by atoms with Crippen molar-refractivity contribution in [2.75, 3.05) is 0 Å². The summed E-state index contributed by atoms with van der Waals surface area (Å²) >= 11 is 0. The van der Waals surface area contributed by atoms with Gasteiger partial charge >= 0.3 is 5.97 Å². The molecule has 106 valence electrons. The van der Waals surface area contributed by atoms with Crippen LogP contribution in [0.15, 0.2) is 24.3 Å².